The molecule has 0 fully saturated rings. The number of hydrogen-bond acceptors (Lipinski definition) is 2. The Bertz CT molecular complexity index is 392. The SMILES string of the molecule is CC(=O)N(CC(=O)O)c1cccc(F)c1. The van der Waals surface area contributed by atoms with E-state index in [0.29, 0.717) is 0 Å². The first-order valence-electron chi connectivity index (χ1n) is 4.26. The van der Waals surface area contributed by atoms with Gasteiger partial charge in [-0.2, -0.15) is 0 Å². The highest BCUT2D eigenvalue weighted by molar-refractivity contribution is 5.95. The molecule has 0 saturated heterocycles. The quantitative estimate of drug-likeness (QED) is 0.818. The monoisotopic (exact) mass is 211 g/mol. The van der Waals surface area contributed by atoms with E-state index in [0.717, 1.165) is 11.0 Å². The summed E-state index contributed by atoms with van der Waals surface area (Å²) in [5, 5.41) is 8.58. The fourth-order valence-corrected chi connectivity index (χ4v) is 1.16. The summed E-state index contributed by atoms with van der Waals surface area (Å²) in [4.78, 5) is 22.6. The predicted octanol–water partition coefficient (Wildman–Crippen LogP) is 1.26. The summed E-state index contributed by atoms with van der Waals surface area (Å²) in [5.74, 6) is -2.10. The number of hydrogen-bond donors (Lipinski definition) is 1. The average molecular weight is 211 g/mol. The second-order valence-electron chi connectivity index (χ2n) is 2.98. The number of aliphatic carboxylic acids is 1. The molecule has 0 saturated carbocycles. The minimum Gasteiger partial charge on any atom is -0.480 e. The Morgan fingerprint density at radius 1 is 1.47 bits per heavy atom. The third-order valence-corrected chi connectivity index (χ3v) is 1.79. The molecule has 80 valence electrons. The van der Waals surface area contributed by atoms with Crippen molar-refractivity contribution in [3.05, 3.63) is 30.1 Å². The Labute approximate surface area is 85.9 Å². The number of benzene rings is 1. The van der Waals surface area contributed by atoms with Crippen LogP contribution in [-0.4, -0.2) is 23.5 Å². The van der Waals surface area contributed by atoms with E-state index in [-0.39, 0.29) is 5.69 Å². The van der Waals surface area contributed by atoms with E-state index in [2.05, 4.69) is 0 Å². The largest absolute Gasteiger partial charge is 0.480 e. The van der Waals surface area contributed by atoms with Gasteiger partial charge in [0.1, 0.15) is 12.4 Å². The van der Waals surface area contributed by atoms with Gasteiger partial charge in [0.2, 0.25) is 5.91 Å². The van der Waals surface area contributed by atoms with Gasteiger partial charge in [-0.15, -0.1) is 0 Å². The van der Waals surface area contributed by atoms with E-state index >= 15 is 0 Å². The van der Waals surface area contributed by atoms with Crippen molar-refractivity contribution in [1.29, 1.82) is 0 Å². The lowest BCUT2D eigenvalue weighted by Crippen LogP contribution is -2.33. The number of nitrogens with zero attached hydrogens (tertiary/aromatic N) is 1. The molecule has 0 unspecified atom stereocenters. The molecule has 0 atom stereocenters. The van der Waals surface area contributed by atoms with Crippen molar-refractivity contribution in [2.24, 2.45) is 0 Å². The Morgan fingerprint density at radius 3 is 2.60 bits per heavy atom. The lowest BCUT2D eigenvalue weighted by molar-refractivity contribution is -0.136. The molecule has 0 aliphatic heterocycles. The van der Waals surface area contributed by atoms with Gasteiger partial charge in [0.05, 0.1) is 0 Å². The maximum absolute atomic E-state index is 12.8. The molecule has 1 aromatic carbocycles. The molecule has 0 aliphatic carbocycles. The van der Waals surface area contributed by atoms with E-state index in [1.807, 2.05) is 0 Å². The van der Waals surface area contributed by atoms with Crippen LogP contribution in [0.25, 0.3) is 0 Å². The van der Waals surface area contributed by atoms with Crippen LogP contribution in [0.15, 0.2) is 24.3 Å². The van der Waals surface area contributed by atoms with Crippen LogP contribution in [0, 0.1) is 5.82 Å². The summed E-state index contributed by atoms with van der Waals surface area (Å²) in [7, 11) is 0. The maximum Gasteiger partial charge on any atom is 0.323 e. The number of rotatable bonds is 3. The zero-order valence-electron chi connectivity index (χ0n) is 8.11. The van der Waals surface area contributed by atoms with Crippen LogP contribution >= 0.6 is 0 Å². The zero-order chi connectivity index (χ0) is 11.4. The summed E-state index contributed by atoms with van der Waals surface area (Å²) < 4.78 is 12.8. The minimum absolute atomic E-state index is 0.241. The van der Waals surface area contributed by atoms with Crippen LogP contribution in [0.1, 0.15) is 6.92 Å². The molecule has 5 heteroatoms. The molecule has 1 rings (SSSR count). The highest BCUT2D eigenvalue weighted by Crippen LogP contribution is 2.15. The van der Waals surface area contributed by atoms with Crippen molar-refractivity contribution in [1.82, 2.24) is 0 Å². The van der Waals surface area contributed by atoms with Crippen LogP contribution < -0.4 is 4.90 Å². The Kier molecular flexibility index (Phi) is 3.38. The van der Waals surface area contributed by atoms with Gasteiger partial charge in [0.15, 0.2) is 0 Å². The van der Waals surface area contributed by atoms with Crippen LogP contribution in [0.2, 0.25) is 0 Å². The van der Waals surface area contributed by atoms with Gasteiger partial charge in [-0.25, -0.2) is 4.39 Å². The van der Waals surface area contributed by atoms with E-state index < -0.39 is 24.2 Å². The maximum atomic E-state index is 12.8. The van der Waals surface area contributed by atoms with Crippen molar-refractivity contribution in [3.8, 4) is 0 Å². The number of carboxylic acids is 1. The summed E-state index contributed by atoms with van der Waals surface area (Å²) in [6.07, 6.45) is 0. The van der Waals surface area contributed by atoms with Crippen LogP contribution in [0.5, 0.6) is 0 Å². The number of halogens is 1. The second kappa shape index (κ2) is 4.54. The predicted molar refractivity (Wildman–Crippen MR) is 52.1 cm³/mol. The lowest BCUT2D eigenvalue weighted by atomic mass is 10.2. The molecule has 0 spiro atoms. The van der Waals surface area contributed by atoms with Gasteiger partial charge in [-0.3, -0.25) is 9.59 Å². The molecular formula is C10H10FNO3. The van der Waals surface area contributed by atoms with Gasteiger partial charge in [0, 0.05) is 12.6 Å². The average Bonchev–Trinajstić information content (AvgIpc) is 2.13. The van der Waals surface area contributed by atoms with Crippen molar-refractivity contribution in [2.75, 3.05) is 11.4 Å². The number of anilines is 1. The van der Waals surface area contributed by atoms with Gasteiger partial charge < -0.3 is 10.0 Å². The first-order valence-corrected chi connectivity index (χ1v) is 4.26. The number of carbonyl (C=O) groups excluding carboxylic acids is 1. The molecule has 0 radical (unpaired) electrons. The first-order chi connectivity index (χ1) is 7.00. The number of carboxylic acid groups (broad SMARTS) is 1. The van der Waals surface area contributed by atoms with Gasteiger partial charge in [-0.1, -0.05) is 6.07 Å². The fraction of sp³-hybridized carbons (Fsp3) is 0.200. The van der Waals surface area contributed by atoms with Crippen molar-refractivity contribution in [3.63, 3.8) is 0 Å². The summed E-state index contributed by atoms with van der Waals surface area (Å²) in [5.41, 5.74) is 0.241. The van der Waals surface area contributed by atoms with Gasteiger partial charge >= 0.3 is 5.97 Å². The first kappa shape index (κ1) is 11.2. The standard InChI is InChI=1S/C10H10FNO3/c1-7(13)12(6-10(14)15)9-4-2-3-8(11)5-9/h2-5H,6H2,1H3,(H,14,15). The van der Waals surface area contributed by atoms with E-state index in [4.69, 9.17) is 5.11 Å². The Hall–Kier alpha value is -1.91. The van der Waals surface area contributed by atoms with Crippen molar-refractivity contribution >= 4 is 17.6 Å². The van der Waals surface area contributed by atoms with Crippen LogP contribution in [0.4, 0.5) is 10.1 Å². The van der Waals surface area contributed by atoms with Crippen molar-refractivity contribution in [2.45, 2.75) is 6.92 Å². The van der Waals surface area contributed by atoms with E-state index in [1.165, 1.54) is 25.1 Å². The molecule has 15 heavy (non-hydrogen) atoms. The lowest BCUT2D eigenvalue weighted by Gasteiger charge is -2.18. The highest BCUT2D eigenvalue weighted by Gasteiger charge is 2.15. The van der Waals surface area contributed by atoms with Gasteiger partial charge in [0.25, 0.3) is 0 Å². The normalized spacial score (nSPS) is 9.73. The Morgan fingerprint density at radius 2 is 2.13 bits per heavy atom. The molecule has 0 aliphatic rings. The van der Waals surface area contributed by atoms with E-state index in [1.54, 1.807) is 0 Å². The summed E-state index contributed by atoms with van der Waals surface area (Å²) in [6.45, 7) is 0.757. The molecule has 1 N–H and O–H groups in total. The minimum atomic E-state index is -1.14. The van der Waals surface area contributed by atoms with Crippen LogP contribution in [0.3, 0.4) is 0 Å². The van der Waals surface area contributed by atoms with Crippen LogP contribution in [-0.2, 0) is 9.59 Å². The highest BCUT2D eigenvalue weighted by atomic mass is 19.1. The molecule has 1 amide bonds. The molecule has 0 aromatic heterocycles. The Balaban J connectivity index is 2.98. The number of amides is 1. The summed E-state index contributed by atoms with van der Waals surface area (Å²) >= 11 is 0. The fourth-order valence-electron chi connectivity index (χ4n) is 1.16. The van der Waals surface area contributed by atoms with Gasteiger partial charge in [-0.05, 0) is 18.2 Å². The molecule has 0 heterocycles. The molecule has 0 bridgehead atoms. The number of carbonyl (C=O) groups is 2. The second-order valence-corrected chi connectivity index (χ2v) is 2.98. The zero-order valence-corrected chi connectivity index (χ0v) is 8.11. The molecule has 1 aromatic rings. The topological polar surface area (TPSA) is 57.6 Å². The summed E-state index contributed by atoms with van der Waals surface area (Å²) in [6, 6.07) is 5.24. The molecule has 4 nitrogen and oxygen atoms in total. The third kappa shape index (κ3) is 3.05. The third-order valence-electron chi connectivity index (χ3n) is 1.79. The van der Waals surface area contributed by atoms with Crippen molar-refractivity contribution < 1.29 is 19.1 Å². The smallest absolute Gasteiger partial charge is 0.323 e. The van der Waals surface area contributed by atoms with E-state index in [9.17, 15) is 14.0 Å². The molecular weight excluding hydrogens is 201 g/mol.